The van der Waals surface area contributed by atoms with Crippen molar-refractivity contribution < 1.29 is 4.79 Å². The van der Waals surface area contributed by atoms with Gasteiger partial charge in [-0.15, -0.1) is 0 Å². The molecule has 4 nitrogen and oxygen atoms in total. The van der Waals surface area contributed by atoms with Crippen LogP contribution in [0.2, 0.25) is 0 Å². The fourth-order valence-corrected chi connectivity index (χ4v) is 2.41. The van der Waals surface area contributed by atoms with E-state index >= 15 is 0 Å². The van der Waals surface area contributed by atoms with Crippen LogP contribution in [0, 0.1) is 5.41 Å². The van der Waals surface area contributed by atoms with Crippen LogP contribution in [-0.2, 0) is 4.79 Å². The van der Waals surface area contributed by atoms with E-state index in [0.29, 0.717) is 5.41 Å². The second-order valence-electron chi connectivity index (χ2n) is 4.61. The average molecular weight is 213 g/mol. The van der Waals surface area contributed by atoms with Crippen molar-refractivity contribution in [2.75, 3.05) is 13.1 Å². The summed E-state index contributed by atoms with van der Waals surface area (Å²) in [5.74, 6) is 5.06. The molecule has 88 valence electrons. The van der Waals surface area contributed by atoms with Gasteiger partial charge in [-0.1, -0.05) is 13.8 Å². The van der Waals surface area contributed by atoms with Gasteiger partial charge in [0.25, 0.3) is 5.91 Å². The minimum absolute atomic E-state index is 0.0852. The summed E-state index contributed by atoms with van der Waals surface area (Å²) in [5.41, 5.74) is 2.64. The first-order valence-electron chi connectivity index (χ1n) is 5.83. The zero-order chi connectivity index (χ0) is 11.5. The number of hydrogen-bond acceptors (Lipinski definition) is 3. The second kappa shape index (κ2) is 4.94. The lowest BCUT2D eigenvalue weighted by Crippen LogP contribution is -2.47. The molecule has 0 saturated carbocycles. The SMILES string of the molecule is CCC1(CC)CCN(C(C)C(=O)NN)C1. The van der Waals surface area contributed by atoms with Crippen LogP contribution in [-0.4, -0.2) is 29.9 Å². The van der Waals surface area contributed by atoms with Gasteiger partial charge in [0, 0.05) is 6.54 Å². The Bertz CT molecular complexity index is 226. The third-order valence-electron chi connectivity index (χ3n) is 4.04. The first-order valence-corrected chi connectivity index (χ1v) is 5.83. The van der Waals surface area contributed by atoms with Gasteiger partial charge in [0.15, 0.2) is 0 Å². The highest BCUT2D eigenvalue weighted by atomic mass is 16.2. The van der Waals surface area contributed by atoms with E-state index in [0.717, 1.165) is 13.1 Å². The van der Waals surface area contributed by atoms with Crippen molar-refractivity contribution in [2.24, 2.45) is 11.3 Å². The maximum absolute atomic E-state index is 11.4. The highest BCUT2D eigenvalue weighted by molar-refractivity contribution is 5.80. The van der Waals surface area contributed by atoms with Crippen molar-refractivity contribution in [3.05, 3.63) is 0 Å². The fourth-order valence-electron chi connectivity index (χ4n) is 2.41. The molecule has 1 atom stereocenters. The molecule has 1 aliphatic heterocycles. The monoisotopic (exact) mass is 213 g/mol. The molecule has 4 heteroatoms. The number of carbonyl (C=O) groups is 1. The maximum Gasteiger partial charge on any atom is 0.250 e. The predicted molar refractivity (Wildman–Crippen MR) is 61.0 cm³/mol. The number of nitrogens with one attached hydrogen (secondary N) is 1. The maximum atomic E-state index is 11.4. The van der Waals surface area contributed by atoms with E-state index in [1.807, 2.05) is 6.92 Å². The van der Waals surface area contributed by atoms with Crippen LogP contribution in [0.25, 0.3) is 0 Å². The lowest BCUT2D eigenvalue weighted by Gasteiger charge is -2.28. The minimum atomic E-state index is -0.102. The molecule has 0 radical (unpaired) electrons. The number of nitrogens with two attached hydrogens (primary N) is 1. The van der Waals surface area contributed by atoms with Gasteiger partial charge < -0.3 is 0 Å². The van der Waals surface area contributed by atoms with Gasteiger partial charge >= 0.3 is 0 Å². The van der Waals surface area contributed by atoms with E-state index in [-0.39, 0.29) is 11.9 Å². The Morgan fingerprint density at radius 3 is 2.53 bits per heavy atom. The number of hydrogen-bond donors (Lipinski definition) is 2. The molecule has 0 spiro atoms. The van der Waals surface area contributed by atoms with Crippen LogP contribution in [0.3, 0.4) is 0 Å². The molecule has 0 bridgehead atoms. The second-order valence-corrected chi connectivity index (χ2v) is 4.61. The molecule has 1 heterocycles. The molecular weight excluding hydrogens is 190 g/mol. The van der Waals surface area contributed by atoms with Crippen molar-refractivity contribution in [3.8, 4) is 0 Å². The van der Waals surface area contributed by atoms with Crippen LogP contribution >= 0.6 is 0 Å². The van der Waals surface area contributed by atoms with Crippen molar-refractivity contribution in [3.63, 3.8) is 0 Å². The Balaban J connectivity index is 2.59. The Kier molecular flexibility index (Phi) is 4.11. The largest absolute Gasteiger partial charge is 0.293 e. The van der Waals surface area contributed by atoms with Gasteiger partial charge in [-0.2, -0.15) is 0 Å². The molecule has 15 heavy (non-hydrogen) atoms. The predicted octanol–water partition coefficient (Wildman–Crippen LogP) is 0.877. The lowest BCUT2D eigenvalue weighted by atomic mass is 9.82. The standard InChI is InChI=1S/C11H23N3O/c1-4-11(5-2)6-7-14(8-11)9(3)10(15)13-12/h9H,4-8,12H2,1-3H3,(H,13,15). The van der Waals surface area contributed by atoms with E-state index in [1.165, 1.54) is 19.3 Å². The number of likely N-dealkylation sites (tertiary alicyclic amines) is 1. The van der Waals surface area contributed by atoms with Crippen LogP contribution < -0.4 is 11.3 Å². The van der Waals surface area contributed by atoms with Crippen LogP contribution in [0.4, 0.5) is 0 Å². The lowest BCUT2D eigenvalue weighted by molar-refractivity contribution is -0.125. The zero-order valence-corrected chi connectivity index (χ0v) is 10.0. The summed E-state index contributed by atoms with van der Waals surface area (Å²) in [4.78, 5) is 13.6. The van der Waals surface area contributed by atoms with E-state index < -0.39 is 0 Å². The number of rotatable bonds is 4. The average Bonchev–Trinajstić information content (AvgIpc) is 2.72. The van der Waals surface area contributed by atoms with Gasteiger partial charge in [-0.05, 0) is 38.1 Å². The molecule has 1 amide bonds. The third kappa shape index (κ3) is 2.49. The quantitative estimate of drug-likeness (QED) is 0.414. The van der Waals surface area contributed by atoms with Gasteiger partial charge in [0.2, 0.25) is 0 Å². The van der Waals surface area contributed by atoms with E-state index in [9.17, 15) is 4.79 Å². The van der Waals surface area contributed by atoms with Crippen molar-refractivity contribution in [2.45, 2.75) is 46.1 Å². The Hall–Kier alpha value is -0.610. The summed E-state index contributed by atoms with van der Waals surface area (Å²) in [6.45, 7) is 8.43. The summed E-state index contributed by atoms with van der Waals surface area (Å²) >= 11 is 0. The van der Waals surface area contributed by atoms with E-state index in [2.05, 4.69) is 24.2 Å². The zero-order valence-electron chi connectivity index (χ0n) is 10.0. The first kappa shape index (κ1) is 12.5. The third-order valence-corrected chi connectivity index (χ3v) is 4.04. The van der Waals surface area contributed by atoms with Gasteiger partial charge in [0.1, 0.15) is 0 Å². The molecule has 0 aromatic rings. The Morgan fingerprint density at radius 1 is 1.53 bits per heavy atom. The smallest absolute Gasteiger partial charge is 0.250 e. The highest BCUT2D eigenvalue weighted by Crippen LogP contribution is 2.37. The van der Waals surface area contributed by atoms with Crippen LogP contribution in [0.15, 0.2) is 0 Å². The normalized spacial score (nSPS) is 22.7. The molecule has 1 unspecified atom stereocenters. The number of hydrazine groups is 1. The molecule has 0 aromatic heterocycles. The summed E-state index contributed by atoms with van der Waals surface area (Å²) in [5, 5.41) is 0. The van der Waals surface area contributed by atoms with Gasteiger partial charge in [0.05, 0.1) is 6.04 Å². The van der Waals surface area contributed by atoms with Crippen LogP contribution in [0.5, 0.6) is 0 Å². The first-order chi connectivity index (χ1) is 7.08. The number of amides is 1. The Labute approximate surface area is 92.2 Å². The topological polar surface area (TPSA) is 58.4 Å². The van der Waals surface area contributed by atoms with Crippen molar-refractivity contribution in [1.29, 1.82) is 0 Å². The molecule has 0 aliphatic carbocycles. The molecule has 1 rings (SSSR count). The minimum Gasteiger partial charge on any atom is -0.293 e. The molecule has 1 aliphatic rings. The van der Waals surface area contributed by atoms with Gasteiger partial charge in [-0.3, -0.25) is 15.1 Å². The van der Waals surface area contributed by atoms with E-state index in [1.54, 1.807) is 0 Å². The molecule has 1 saturated heterocycles. The summed E-state index contributed by atoms with van der Waals surface area (Å²) in [6.07, 6.45) is 3.58. The molecular formula is C11H23N3O. The Morgan fingerprint density at radius 2 is 2.13 bits per heavy atom. The van der Waals surface area contributed by atoms with Crippen molar-refractivity contribution >= 4 is 5.91 Å². The number of carbonyl (C=O) groups excluding carboxylic acids is 1. The molecule has 0 aromatic carbocycles. The van der Waals surface area contributed by atoms with E-state index in [4.69, 9.17) is 5.84 Å². The van der Waals surface area contributed by atoms with Crippen molar-refractivity contribution in [1.82, 2.24) is 10.3 Å². The number of nitrogens with zero attached hydrogens (tertiary/aromatic N) is 1. The fraction of sp³-hybridized carbons (Fsp3) is 0.909. The van der Waals surface area contributed by atoms with Gasteiger partial charge in [-0.25, -0.2) is 5.84 Å². The summed E-state index contributed by atoms with van der Waals surface area (Å²) in [6, 6.07) is -0.102. The molecule has 1 fully saturated rings. The molecule has 3 N–H and O–H groups in total. The summed E-state index contributed by atoms with van der Waals surface area (Å²) in [7, 11) is 0. The highest BCUT2D eigenvalue weighted by Gasteiger charge is 2.38. The van der Waals surface area contributed by atoms with Crippen LogP contribution in [0.1, 0.15) is 40.0 Å². The summed E-state index contributed by atoms with van der Waals surface area (Å²) < 4.78 is 0.